The Morgan fingerprint density at radius 1 is 1.30 bits per heavy atom. The Bertz CT molecular complexity index is 676. The topological polar surface area (TPSA) is 53.6 Å². The van der Waals surface area contributed by atoms with E-state index in [1.807, 2.05) is 6.26 Å². The molecule has 0 radical (unpaired) electrons. The summed E-state index contributed by atoms with van der Waals surface area (Å²) in [5.41, 5.74) is 0.914. The second-order valence-corrected chi connectivity index (χ2v) is 8.86. The second-order valence-electron chi connectivity index (χ2n) is 8.86. The summed E-state index contributed by atoms with van der Waals surface area (Å²) in [4.78, 5) is 0. The molecule has 1 aromatic rings. The van der Waals surface area contributed by atoms with E-state index in [0.29, 0.717) is 17.8 Å². The first kappa shape index (κ1) is 14.3. The third kappa shape index (κ3) is 1.63. The Morgan fingerprint density at radius 2 is 2.17 bits per heavy atom. The molecule has 124 valence electrons. The van der Waals surface area contributed by atoms with Crippen LogP contribution >= 0.6 is 0 Å². The molecular weight excluding hydrogens is 288 g/mol. The average Bonchev–Trinajstić information content (AvgIpc) is 3.09. The fourth-order valence-corrected chi connectivity index (χ4v) is 7.06. The van der Waals surface area contributed by atoms with E-state index in [1.54, 1.807) is 0 Å². The Balaban J connectivity index is 1.58. The number of allylic oxidation sites excluding steroid dienone is 1. The summed E-state index contributed by atoms with van der Waals surface area (Å²) in [5, 5.41) is 20.7. The minimum atomic E-state index is -0.836. The van der Waals surface area contributed by atoms with Crippen molar-refractivity contribution in [3.8, 4) is 0 Å². The van der Waals surface area contributed by atoms with Crippen molar-refractivity contribution in [1.29, 1.82) is 0 Å². The summed E-state index contributed by atoms with van der Waals surface area (Å²) < 4.78 is 5.64. The lowest BCUT2D eigenvalue weighted by Crippen LogP contribution is -2.49. The van der Waals surface area contributed by atoms with Crippen LogP contribution < -0.4 is 0 Å². The summed E-state index contributed by atoms with van der Waals surface area (Å²) in [6, 6.07) is 2.16. The van der Waals surface area contributed by atoms with Crippen molar-refractivity contribution in [2.24, 2.45) is 22.7 Å². The van der Waals surface area contributed by atoms with E-state index in [1.165, 1.54) is 18.4 Å². The van der Waals surface area contributed by atoms with E-state index in [-0.39, 0.29) is 17.4 Å². The summed E-state index contributed by atoms with van der Waals surface area (Å²) in [7, 11) is 0. The minimum Gasteiger partial charge on any atom is -0.465 e. The van der Waals surface area contributed by atoms with Gasteiger partial charge in [0.2, 0.25) is 0 Å². The van der Waals surface area contributed by atoms with Gasteiger partial charge in [0, 0.05) is 5.56 Å². The van der Waals surface area contributed by atoms with Crippen molar-refractivity contribution in [2.45, 2.75) is 57.0 Å². The van der Waals surface area contributed by atoms with Crippen molar-refractivity contribution in [3.63, 3.8) is 0 Å². The number of hydrogen-bond donors (Lipinski definition) is 2. The summed E-state index contributed by atoms with van der Waals surface area (Å²) in [6.45, 7) is 2.35. The molecule has 0 aliphatic heterocycles. The smallest absolute Gasteiger partial charge is 0.129 e. The van der Waals surface area contributed by atoms with Crippen LogP contribution in [-0.4, -0.2) is 22.4 Å². The molecule has 1 spiro atoms. The Morgan fingerprint density at radius 3 is 3.00 bits per heavy atom. The maximum absolute atomic E-state index is 10.9. The van der Waals surface area contributed by atoms with Crippen molar-refractivity contribution in [3.05, 3.63) is 29.7 Å². The minimum absolute atomic E-state index is 0.0754. The molecule has 6 atom stereocenters. The van der Waals surface area contributed by atoms with Crippen LogP contribution in [0.1, 0.15) is 62.7 Å². The Hall–Kier alpha value is -1.06. The lowest BCUT2D eigenvalue weighted by Gasteiger charge is -2.58. The van der Waals surface area contributed by atoms with Gasteiger partial charge in [0.1, 0.15) is 5.76 Å². The number of aliphatic hydroxyl groups is 2. The molecule has 3 saturated carbocycles. The first-order chi connectivity index (χ1) is 11.0. The standard InChI is InChI=1S/C20H26O3/c1-18-7-5-16-14(6-9-23-16)15(18)4-8-19-10-13(2-3-17(18)19)20(22,11-19)12-21/h5-7,9,13,15,17,21-22H,2-4,8,10-12H2,1H3/t13-,15+,17+,18-,19+,20-/m1/s1. The van der Waals surface area contributed by atoms with Crippen LogP contribution in [0.4, 0.5) is 0 Å². The average molecular weight is 314 g/mol. The number of fused-ring (bicyclic) bond motifs is 5. The molecule has 1 heterocycles. The van der Waals surface area contributed by atoms with E-state index >= 15 is 0 Å². The molecule has 0 saturated heterocycles. The van der Waals surface area contributed by atoms with Gasteiger partial charge in [0.15, 0.2) is 0 Å². The van der Waals surface area contributed by atoms with Crippen LogP contribution in [0.15, 0.2) is 22.8 Å². The van der Waals surface area contributed by atoms with Gasteiger partial charge >= 0.3 is 0 Å². The van der Waals surface area contributed by atoms with E-state index in [9.17, 15) is 10.2 Å². The lowest BCUT2D eigenvalue weighted by atomic mass is 9.46. The highest BCUT2D eigenvalue weighted by Crippen LogP contribution is 2.71. The Kier molecular flexibility index (Phi) is 2.68. The van der Waals surface area contributed by atoms with E-state index in [0.717, 1.165) is 31.4 Å². The number of rotatable bonds is 1. The number of aliphatic hydroxyl groups excluding tert-OH is 1. The molecule has 5 rings (SSSR count). The first-order valence-corrected chi connectivity index (χ1v) is 9.11. The molecule has 3 fully saturated rings. The van der Waals surface area contributed by atoms with Crippen LogP contribution in [0.25, 0.3) is 6.08 Å². The molecule has 4 aliphatic rings. The molecule has 0 amide bonds. The molecule has 3 nitrogen and oxygen atoms in total. The normalized spacial score (nSPS) is 50.3. The molecular formula is C20H26O3. The van der Waals surface area contributed by atoms with Crippen molar-refractivity contribution in [1.82, 2.24) is 0 Å². The highest BCUT2D eigenvalue weighted by Gasteiger charge is 2.65. The van der Waals surface area contributed by atoms with Gasteiger partial charge in [-0.3, -0.25) is 0 Å². The second kappa shape index (κ2) is 4.31. The zero-order valence-electron chi connectivity index (χ0n) is 13.8. The quantitative estimate of drug-likeness (QED) is 0.830. The molecule has 2 N–H and O–H groups in total. The highest BCUT2D eigenvalue weighted by molar-refractivity contribution is 5.55. The third-order valence-corrected chi connectivity index (χ3v) is 8.02. The van der Waals surface area contributed by atoms with E-state index in [2.05, 4.69) is 25.1 Å². The SMILES string of the molecule is C[C@@]12C=Cc3occc3[C@@H]1CC[C@@]13C[C@@H](CC[C@H]12)[C@](O)(CO)C3. The van der Waals surface area contributed by atoms with Crippen LogP contribution in [0.2, 0.25) is 0 Å². The van der Waals surface area contributed by atoms with Crippen molar-refractivity contribution >= 4 is 6.08 Å². The first-order valence-electron chi connectivity index (χ1n) is 9.11. The predicted molar refractivity (Wildman–Crippen MR) is 87.7 cm³/mol. The van der Waals surface area contributed by atoms with Crippen LogP contribution in [0.5, 0.6) is 0 Å². The van der Waals surface area contributed by atoms with Gasteiger partial charge in [-0.1, -0.05) is 13.0 Å². The fraction of sp³-hybridized carbons (Fsp3) is 0.700. The maximum Gasteiger partial charge on any atom is 0.129 e. The zero-order valence-corrected chi connectivity index (χ0v) is 13.8. The largest absolute Gasteiger partial charge is 0.465 e. The fourth-order valence-electron chi connectivity index (χ4n) is 7.06. The van der Waals surface area contributed by atoms with E-state index in [4.69, 9.17) is 4.42 Å². The predicted octanol–water partition coefficient (Wildman–Crippen LogP) is 3.72. The summed E-state index contributed by atoms with van der Waals surface area (Å²) in [6.07, 6.45) is 12.9. The summed E-state index contributed by atoms with van der Waals surface area (Å²) in [5.74, 6) is 2.47. The zero-order chi connectivity index (χ0) is 15.9. The monoisotopic (exact) mass is 314 g/mol. The van der Waals surface area contributed by atoms with Gasteiger partial charge in [-0.05, 0) is 79.3 Å². The summed E-state index contributed by atoms with van der Waals surface area (Å²) >= 11 is 0. The maximum atomic E-state index is 10.9. The van der Waals surface area contributed by atoms with E-state index < -0.39 is 5.60 Å². The lowest BCUT2D eigenvalue weighted by molar-refractivity contribution is -0.0517. The van der Waals surface area contributed by atoms with Gasteiger partial charge in [0.25, 0.3) is 0 Å². The van der Waals surface area contributed by atoms with Crippen LogP contribution in [0, 0.1) is 22.7 Å². The molecule has 2 bridgehead atoms. The molecule has 4 aliphatic carbocycles. The van der Waals surface area contributed by atoms with Gasteiger partial charge in [-0.15, -0.1) is 0 Å². The van der Waals surface area contributed by atoms with Gasteiger partial charge in [0.05, 0.1) is 18.5 Å². The van der Waals surface area contributed by atoms with Gasteiger partial charge in [-0.2, -0.15) is 0 Å². The highest BCUT2D eigenvalue weighted by atomic mass is 16.3. The van der Waals surface area contributed by atoms with Crippen LogP contribution in [0.3, 0.4) is 0 Å². The molecule has 0 aromatic carbocycles. The van der Waals surface area contributed by atoms with Crippen LogP contribution in [-0.2, 0) is 0 Å². The molecule has 0 unspecified atom stereocenters. The molecule has 23 heavy (non-hydrogen) atoms. The number of furan rings is 1. The van der Waals surface area contributed by atoms with Gasteiger partial charge in [-0.25, -0.2) is 0 Å². The Labute approximate surface area is 137 Å². The number of hydrogen-bond acceptors (Lipinski definition) is 3. The molecule has 1 aromatic heterocycles. The third-order valence-electron chi connectivity index (χ3n) is 8.02. The van der Waals surface area contributed by atoms with Crippen molar-refractivity contribution < 1.29 is 14.6 Å². The van der Waals surface area contributed by atoms with Crippen molar-refractivity contribution in [2.75, 3.05) is 6.61 Å². The molecule has 3 heteroatoms. The van der Waals surface area contributed by atoms with Gasteiger partial charge < -0.3 is 14.6 Å².